The van der Waals surface area contributed by atoms with Gasteiger partial charge in [-0.3, -0.25) is 14.5 Å². The van der Waals surface area contributed by atoms with Crippen molar-refractivity contribution in [3.63, 3.8) is 0 Å². The van der Waals surface area contributed by atoms with Gasteiger partial charge in [-0.1, -0.05) is 47.7 Å². The maximum absolute atomic E-state index is 12.7. The van der Waals surface area contributed by atoms with E-state index in [-0.39, 0.29) is 24.8 Å². The second-order valence-electron chi connectivity index (χ2n) is 6.69. The molecule has 156 valence electrons. The summed E-state index contributed by atoms with van der Waals surface area (Å²) in [6.45, 7) is 0.172. The third kappa shape index (κ3) is 5.04. The smallest absolute Gasteiger partial charge is 0.336 e. The van der Waals surface area contributed by atoms with Gasteiger partial charge in [-0.05, 0) is 48.0 Å². The van der Waals surface area contributed by atoms with E-state index in [1.807, 2.05) is 6.07 Å². The average Bonchev–Trinajstić information content (AvgIpc) is 2.99. The summed E-state index contributed by atoms with van der Waals surface area (Å²) in [7, 11) is 0. The molecule has 9 heteroatoms. The second kappa shape index (κ2) is 9.05. The van der Waals surface area contributed by atoms with Gasteiger partial charge in [0, 0.05) is 35.1 Å². The first-order chi connectivity index (χ1) is 14.9. The molecule has 1 aliphatic heterocycles. The summed E-state index contributed by atoms with van der Waals surface area (Å²) in [6.07, 6.45) is 1.82. The second-order valence-corrected chi connectivity index (χ2v) is 8.81. The molecule has 1 aliphatic rings. The highest BCUT2D eigenvalue weighted by Gasteiger charge is 2.32. The maximum Gasteiger partial charge on any atom is 0.336 e. The van der Waals surface area contributed by atoms with Crippen molar-refractivity contribution in [2.45, 2.75) is 6.42 Å². The molecule has 1 aromatic heterocycles. The number of hydrogen-bond acceptors (Lipinski definition) is 6. The lowest BCUT2D eigenvalue weighted by molar-refractivity contribution is -0.122. The van der Waals surface area contributed by atoms with Crippen LogP contribution in [0, 0.1) is 0 Å². The Bertz CT molecular complexity index is 1300. The van der Waals surface area contributed by atoms with Crippen molar-refractivity contribution in [1.82, 2.24) is 4.90 Å². The van der Waals surface area contributed by atoms with Gasteiger partial charge in [0.25, 0.3) is 5.91 Å². The van der Waals surface area contributed by atoms with E-state index in [2.05, 4.69) is 5.32 Å². The van der Waals surface area contributed by atoms with Crippen molar-refractivity contribution in [2.75, 3.05) is 11.9 Å². The normalized spacial score (nSPS) is 15.1. The highest BCUT2D eigenvalue weighted by molar-refractivity contribution is 8.26. The minimum atomic E-state index is -0.433. The largest absolute Gasteiger partial charge is 0.423 e. The fourth-order valence-electron chi connectivity index (χ4n) is 3.03. The molecular formula is C22H15ClN2O4S2. The summed E-state index contributed by atoms with van der Waals surface area (Å²) in [5.41, 5.74) is 1.38. The third-order valence-corrected chi connectivity index (χ3v) is 6.10. The van der Waals surface area contributed by atoms with E-state index in [1.54, 1.807) is 48.5 Å². The molecule has 1 N–H and O–H groups in total. The molecule has 0 aliphatic carbocycles. The zero-order chi connectivity index (χ0) is 22.0. The number of halogens is 1. The summed E-state index contributed by atoms with van der Waals surface area (Å²) < 4.78 is 5.49. The van der Waals surface area contributed by atoms with Crippen LogP contribution >= 0.6 is 35.6 Å². The van der Waals surface area contributed by atoms with Crippen LogP contribution in [0.1, 0.15) is 12.0 Å². The number of hydrogen-bond donors (Lipinski definition) is 1. The zero-order valence-electron chi connectivity index (χ0n) is 16.0. The minimum Gasteiger partial charge on any atom is -0.423 e. The number of benzene rings is 2. The molecule has 4 rings (SSSR count). The minimum absolute atomic E-state index is 0.0821. The van der Waals surface area contributed by atoms with Gasteiger partial charge in [0.2, 0.25) is 5.91 Å². The Balaban J connectivity index is 1.39. The number of thiocarbonyl (C=S) groups is 1. The van der Waals surface area contributed by atoms with Crippen molar-refractivity contribution in [1.29, 1.82) is 0 Å². The van der Waals surface area contributed by atoms with Crippen LogP contribution < -0.4 is 10.9 Å². The lowest BCUT2D eigenvalue weighted by Gasteiger charge is -2.14. The van der Waals surface area contributed by atoms with E-state index in [0.29, 0.717) is 30.9 Å². The highest BCUT2D eigenvalue weighted by Crippen LogP contribution is 2.33. The van der Waals surface area contributed by atoms with E-state index < -0.39 is 5.63 Å². The van der Waals surface area contributed by atoms with Crippen LogP contribution in [0.3, 0.4) is 0 Å². The molecule has 0 radical (unpaired) electrons. The van der Waals surface area contributed by atoms with Crippen LogP contribution in [0.2, 0.25) is 5.02 Å². The molecule has 0 unspecified atom stereocenters. The molecule has 2 heterocycles. The number of nitrogens with zero attached hydrogens (tertiary/aromatic N) is 1. The molecule has 0 atom stereocenters. The molecule has 1 fully saturated rings. The molecule has 0 spiro atoms. The van der Waals surface area contributed by atoms with Crippen LogP contribution in [-0.2, 0) is 9.59 Å². The van der Waals surface area contributed by atoms with Crippen molar-refractivity contribution in [3.05, 3.63) is 80.5 Å². The van der Waals surface area contributed by atoms with Crippen molar-refractivity contribution < 1.29 is 14.0 Å². The number of nitrogens with one attached hydrogen (secondary N) is 1. The highest BCUT2D eigenvalue weighted by atomic mass is 35.5. The van der Waals surface area contributed by atoms with E-state index >= 15 is 0 Å². The number of carbonyl (C=O) groups excluding carboxylic acids is 2. The standard InChI is InChI=1S/C22H15ClN2O4S2/c23-15-3-1-2-13(10-15)11-18-21(28)25(22(30)31-18)9-8-19(26)24-16-5-6-17-14(12-16)4-7-20(27)29-17/h1-7,10-12H,8-9H2,(H,24,26). The van der Waals surface area contributed by atoms with E-state index in [4.69, 9.17) is 28.2 Å². The van der Waals surface area contributed by atoms with Gasteiger partial charge in [-0.15, -0.1) is 0 Å². The molecular weight excluding hydrogens is 456 g/mol. The van der Waals surface area contributed by atoms with Crippen LogP contribution in [0.25, 0.3) is 17.0 Å². The Morgan fingerprint density at radius 1 is 1.16 bits per heavy atom. The van der Waals surface area contributed by atoms with Crippen LogP contribution in [-0.4, -0.2) is 27.6 Å². The lowest BCUT2D eigenvalue weighted by atomic mass is 10.2. The van der Waals surface area contributed by atoms with Crippen molar-refractivity contribution in [3.8, 4) is 0 Å². The van der Waals surface area contributed by atoms with E-state index in [9.17, 15) is 14.4 Å². The first-order valence-corrected chi connectivity index (χ1v) is 10.8. The van der Waals surface area contributed by atoms with Crippen LogP contribution in [0.5, 0.6) is 0 Å². The zero-order valence-corrected chi connectivity index (χ0v) is 18.4. The predicted octanol–water partition coefficient (Wildman–Crippen LogP) is 4.68. The van der Waals surface area contributed by atoms with Gasteiger partial charge in [-0.25, -0.2) is 4.79 Å². The molecule has 31 heavy (non-hydrogen) atoms. The predicted molar refractivity (Wildman–Crippen MR) is 127 cm³/mol. The Hall–Kier alpha value is -2.94. The molecule has 0 bridgehead atoms. The summed E-state index contributed by atoms with van der Waals surface area (Å²) in [4.78, 5) is 38.3. The number of carbonyl (C=O) groups is 2. The number of thioether (sulfide) groups is 1. The topological polar surface area (TPSA) is 79.6 Å². The van der Waals surface area contributed by atoms with Crippen molar-refractivity contribution in [2.24, 2.45) is 0 Å². The number of rotatable bonds is 5. The fraction of sp³-hybridized carbons (Fsp3) is 0.0909. The average molecular weight is 471 g/mol. The van der Waals surface area contributed by atoms with Gasteiger partial charge in [0.1, 0.15) is 9.90 Å². The third-order valence-electron chi connectivity index (χ3n) is 4.49. The van der Waals surface area contributed by atoms with Gasteiger partial charge in [-0.2, -0.15) is 0 Å². The Morgan fingerprint density at radius 3 is 2.81 bits per heavy atom. The molecule has 3 aromatic rings. The first kappa shape index (κ1) is 21.3. The lowest BCUT2D eigenvalue weighted by Crippen LogP contribution is -2.31. The Kier molecular flexibility index (Phi) is 6.22. The van der Waals surface area contributed by atoms with Gasteiger partial charge < -0.3 is 9.73 Å². The Morgan fingerprint density at radius 2 is 2.00 bits per heavy atom. The quantitative estimate of drug-likeness (QED) is 0.331. The fourth-order valence-corrected chi connectivity index (χ4v) is 4.53. The molecule has 2 amide bonds. The maximum atomic E-state index is 12.7. The number of amides is 2. The van der Waals surface area contributed by atoms with Gasteiger partial charge >= 0.3 is 5.63 Å². The summed E-state index contributed by atoms with van der Waals surface area (Å²) in [5.74, 6) is -0.492. The molecule has 1 saturated heterocycles. The molecule has 6 nitrogen and oxygen atoms in total. The summed E-state index contributed by atoms with van der Waals surface area (Å²) >= 11 is 12.5. The molecule has 2 aromatic carbocycles. The SMILES string of the molecule is O=C(CCN1C(=O)C(=Cc2cccc(Cl)c2)SC1=S)Nc1ccc2oc(=O)ccc2c1. The van der Waals surface area contributed by atoms with Crippen LogP contribution in [0.4, 0.5) is 5.69 Å². The first-order valence-electron chi connectivity index (χ1n) is 9.24. The number of fused-ring (bicyclic) bond motifs is 1. The van der Waals surface area contributed by atoms with Gasteiger partial charge in [0.15, 0.2) is 0 Å². The van der Waals surface area contributed by atoms with E-state index in [1.165, 1.54) is 22.7 Å². The van der Waals surface area contributed by atoms with Crippen LogP contribution in [0.15, 0.2) is 68.7 Å². The summed E-state index contributed by atoms with van der Waals surface area (Å²) in [5, 5.41) is 4.06. The number of anilines is 1. The Labute approximate surface area is 191 Å². The van der Waals surface area contributed by atoms with Gasteiger partial charge in [0.05, 0.1) is 4.91 Å². The van der Waals surface area contributed by atoms with E-state index in [0.717, 1.165) is 5.56 Å². The van der Waals surface area contributed by atoms with Crippen molar-refractivity contribution >= 4 is 74.4 Å². The molecule has 0 saturated carbocycles. The monoisotopic (exact) mass is 470 g/mol. The summed E-state index contributed by atoms with van der Waals surface area (Å²) in [6, 6.07) is 15.1.